The summed E-state index contributed by atoms with van der Waals surface area (Å²) in [6, 6.07) is 7.73. The van der Waals surface area contributed by atoms with Crippen LogP contribution in [0.5, 0.6) is 0 Å². The van der Waals surface area contributed by atoms with Crippen molar-refractivity contribution in [1.29, 1.82) is 0 Å². The van der Waals surface area contributed by atoms with Crippen molar-refractivity contribution in [2.45, 2.75) is 12.6 Å². The highest BCUT2D eigenvalue weighted by Crippen LogP contribution is 2.36. The summed E-state index contributed by atoms with van der Waals surface area (Å²) in [4.78, 5) is 29.4. The molecule has 1 N–H and O–H groups in total. The summed E-state index contributed by atoms with van der Waals surface area (Å²) < 4.78 is 41.1. The normalized spacial score (nSPS) is 15.2. The maximum atomic E-state index is 13.7. The molecular weight excluding hydrogens is 421 g/mol. The average Bonchev–Trinajstić information content (AvgIpc) is 2.81. The topological polar surface area (TPSA) is 74.2 Å². The first-order valence-corrected chi connectivity index (χ1v) is 10.4. The van der Waals surface area contributed by atoms with E-state index in [-0.39, 0.29) is 17.4 Å². The van der Waals surface area contributed by atoms with E-state index in [1.165, 1.54) is 18.2 Å². The van der Waals surface area contributed by atoms with Crippen molar-refractivity contribution in [3.63, 3.8) is 0 Å². The van der Waals surface area contributed by atoms with Crippen molar-refractivity contribution in [3.05, 3.63) is 60.0 Å². The first-order valence-electron chi connectivity index (χ1n) is 10.4. The summed E-state index contributed by atoms with van der Waals surface area (Å²) in [5.41, 5.74) is -1.19. The number of hydrogen-bond donors (Lipinski definition) is 1. The number of fused-ring (bicyclic) bond motifs is 1. The summed E-state index contributed by atoms with van der Waals surface area (Å²) in [7, 11) is 0. The van der Waals surface area contributed by atoms with Crippen LogP contribution in [0.2, 0.25) is 0 Å². The molecule has 2 aromatic heterocycles. The van der Waals surface area contributed by atoms with E-state index in [9.17, 15) is 18.0 Å². The molecule has 0 bridgehead atoms. The second-order valence-electron chi connectivity index (χ2n) is 7.55. The number of hydrogen-bond acceptors (Lipinski definition) is 6. The van der Waals surface area contributed by atoms with Crippen LogP contribution in [0.15, 0.2) is 48.9 Å². The lowest BCUT2D eigenvalue weighted by Gasteiger charge is -2.34. The summed E-state index contributed by atoms with van der Waals surface area (Å²) >= 11 is 0. The molecule has 7 nitrogen and oxygen atoms in total. The van der Waals surface area contributed by atoms with Crippen LogP contribution in [-0.4, -0.2) is 65.0 Å². The van der Waals surface area contributed by atoms with E-state index in [2.05, 4.69) is 30.1 Å². The van der Waals surface area contributed by atoms with Gasteiger partial charge in [-0.25, -0.2) is 9.97 Å². The first-order chi connectivity index (χ1) is 15.4. The fraction of sp³-hybridized carbons (Fsp3) is 0.364. The van der Waals surface area contributed by atoms with Crippen LogP contribution in [0, 0.1) is 0 Å². The van der Waals surface area contributed by atoms with Crippen molar-refractivity contribution in [1.82, 2.24) is 25.2 Å². The smallest absolute Gasteiger partial charge is 0.352 e. The zero-order valence-electron chi connectivity index (χ0n) is 17.3. The molecule has 1 fully saturated rings. The number of carbonyl (C=O) groups is 1. The van der Waals surface area contributed by atoms with Gasteiger partial charge in [-0.05, 0) is 25.1 Å². The molecule has 1 saturated heterocycles. The van der Waals surface area contributed by atoms with Gasteiger partial charge in [0.1, 0.15) is 0 Å². The van der Waals surface area contributed by atoms with E-state index in [0.717, 1.165) is 38.9 Å². The minimum absolute atomic E-state index is 0.0760. The number of benzene rings is 1. The second kappa shape index (κ2) is 9.47. The first kappa shape index (κ1) is 21.9. The van der Waals surface area contributed by atoms with Crippen LogP contribution in [0.25, 0.3) is 10.9 Å². The summed E-state index contributed by atoms with van der Waals surface area (Å²) in [6.45, 7) is 4.29. The molecule has 32 heavy (non-hydrogen) atoms. The van der Waals surface area contributed by atoms with E-state index in [1.54, 1.807) is 24.5 Å². The maximum absolute atomic E-state index is 13.7. The van der Waals surface area contributed by atoms with Crippen LogP contribution >= 0.6 is 0 Å². The predicted octanol–water partition coefficient (Wildman–Crippen LogP) is 2.99. The van der Waals surface area contributed by atoms with Gasteiger partial charge in [-0.15, -0.1) is 0 Å². The Morgan fingerprint density at radius 3 is 2.44 bits per heavy atom. The SMILES string of the molecule is O=C(NCCCN1CCN(c2ncccn2)CC1)c1cnc2ccccc2c1C(F)(F)F. The van der Waals surface area contributed by atoms with Gasteiger partial charge in [-0.3, -0.25) is 14.7 Å². The molecule has 0 atom stereocenters. The molecule has 1 aliphatic rings. The summed E-state index contributed by atoms with van der Waals surface area (Å²) in [5, 5.41) is 2.54. The van der Waals surface area contributed by atoms with E-state index in [0.29, 0.717) is 12.4 Å². The number of anilines is 1. The highest BCUT2D eigenvalue weighted by molar-refractivity contribution is 6.00. The van der Waals surface area contributed by atoms with Crippen LogP contribution in [0.3, 0.4) is 0 Å². The molecule has 0 spiro atoms. The summed E-state index contributed by atoms with van der Waals surface area (Å²) in [6.07, 6.45) is 0.415. The van der Waals surface area contributed by atoms with Crippen LogP contribution in [0.1, 0.15) is 22.3 Å². The van der Waals surface area contributed by atoms with Crippen molar-refractivity contribution in [2.75, 3.05) is 44.2 Å². The third-order valence-corrected chi connectivity index (χ3v) is 5.45. The molecular formula is C22H23F3N6O. The monoisotopic (exact) mass is 444 g/mol. The van der Waals surface area contributed by atoms with Crippen molar-refractivity contribution >= 4 is 22.8 Å². The van der Waals surface area contributed by atoms with Gasteiger partial charge in [0.25, 0.3) is 5.91 Å². The molecule has 1 aromatic carbocycles. The van der Waals surface area contributed by atoms with E-state index >= 15 is 0 Å². The van der Waals surface area contributed by atoms with Gasteiger partial charge in [-0.1, -0.05) is 18.2 Å². The highest BCUT2D eigenvalue weighted by atomic mass is 19.4. The molecule has 3 heterocycles. The van der Waals surface area contributed by atoms with Gasteiger partial charge in [0.2, 0.25) is 5.95 Å². The number of piperazine rings is 1. The Labute approximate surface area is 183 Å². The van der Waals surface area contributed by atoms with Crippen molar-refractivity contribution in [3.8, 4) is 0 Å². The molecule has 1 amide bonds. The molecule has 0 aliphatic carbocycles. The Kier molecular flexibility index (Phi) is 6.50. The standard InChI is InChI=1S/C22H23F3N6O/c23-22(24,25)19-16-5-1-2-6-18(16)29-15-17(19)20(32)26-9-4-10-30-11-13-31(14-12-30)21-27-7-3-8-28-21/h1-3,5-8,15H,4,9-14H2,(H,26,32). The number of amides is 1. The van der Waals surface area contributed by atoms with Crippen molar-refractivity contribution in [2.24, 2.45) is 0 Å². The highest BCUT2D eigenvalue weighted by Gasteiger charge is 2.37. The van der Waals surface area contributed by atoms with Gasteiger partial charge in [0, 0.05) is 56.7 Å². The number of halogens is 3. The number of rotatable bonds is 6. The third-order valence-electron chi connectivity index (χ3n) is 5.45. The molecule has 3 aromatic rings. The molecule has 0 radical (unpaired) electrons. The molecule has 0 unspecified atom stereocenters. The Morgan fingerprint density at radius 1 is 1.00 bits per heavy atom. The number of para-hydroxylation sites is 1. The fourth-order valence-corrected chi connectivity index (χ4v) is 3.84. The maximum Gasteiger partial charge on any atom is 0.417 e. The lowest BCUT2D eigenvalue weighted by Crippen LogP contribution is -2.47. The number of aromatic nitrogens is 3. The number of nitrogens with one attached hydrogen (secondary N) is 1. The molecule has 1 aliphatic heterocycles. The molecule has 0 saturated carbocycles. The second-order valence-corrected chi connectivity index (χ2v) is 7.55. The van der Waals surface area contributed by atoms with Gasteiger partial charge >= 0.3 is 6.18 Å². The Bertz CT molecular complexity index is 1070. The number of alkyl halides is 3. The van der Waals surface area contributed by atoms with Crippen LogP contribution < -0.4 is 10.2 Å². The average molecular weight is 444 g/mol. The van der Waals surface area contributed by atoms with E-state index in [4.69, 9.17) is 0 Å². The number of nitrogens with zero attached hydrogens (tertiary/aromatic N) is 5. The van der Waals surface area contributed by atoms with E-state index in [1.807, 2.05) is 0 Å². The number of pyridine rings is 1. The van der Waals surface area contributed by atoms with Crippen LogP contribution in [0.4, 0.5) is 19.1 Å². The minimum atomic E-state index is -4.66. The lowest BCUT2D eigenvalue weighted by atomic mass is 10.0. The van der Waals surface area contributed by atoms with Gasteiger partial charge < -0.3 is 10.2 Å². The molecule has 10 heteroatoms. The predicted molar refractivity (Wildman–Crippen MR) is 114 cm³/mol. The van der Waals surface area contributed by atoms with Gasteiger partial charge in [0.05, 0.1) is 16.6 Å². The fourth-order valence-electron chi connectivity index (χ4n) is 3.84. The van der Waals surface area contributed by atoms with Crippen LogP contribution in [-0.2, 0) is 6.18 Å². The number of carbonyl (C=O) groups excluding carboxylic acids is 1. The minimum Gasteiger partial charge on any atom is -0.352 e. The van der Waals surface area contributed by atoms with Gasteiger partial charge in [-0.2, -0.15) is 13.2 Å². The zero-order valence-corrected chi connectivity index (χ0v) is 17.3. The Morgan fingerprint density at radius 2 is 1.72 bits per heavy atom. The quantitative estimate of drug-likeness (QED) is 0.590. The Balaban J connectivity index is 1.30. The van der Waals surface area contributed by atoms with Crippen molar-refractivity contribution < 1.29 is 18.0 Å². The molecule has 4 rings (SSSR count). The lowest BCUT2D eigenvalue weighted by molar-refractivity contribution is -0.136. The van der Waals surface area contributed by atoms with E-state index < -0.39 is 23.2 Å². The summed E-state index contributed by atoms with van der Waals surface area (Å²) in [5.74, 6) is -0.0505. The molecule has 168 valence electrons. The third kappa shape index (κ3) is 4.96. The zero-order chi connectivity index (χ0) is 22.6. The Hall–Kier alpha value is -3.27. The largest absolute Gasteiger partial charge is 0.417 e. The van der Waals surface area contributed by atoms with Gasteiger partial charge in [0.15, 0.2) is 0 Å².